The van der Waals surface area contributed by atoms with Gasteiger partial charge >= 0.3 is 0 Å². The van der Waals surface area contributed by atoms with E-state index >= 15 is 0 Å². The van der Waals surface area contributed by atoms with Crippen molar-refractivity contribution in [2.24, 2.45) is 0 Å². The number of ether oxygens (including phenoxy) is 1. The topological polar surface area (TPSA) is 78.9 Å². The van der Waals surface area contributed by atoms with Gasteiger partial charge in [-0.15, -0.1) is 11.3 Å². The van der Waals surface area contributed by atoms with E-state index in [1.165, 1.54) is 6.07 Å². The molecule has 110 valence electrons. The Bertz CT molecular complexity index is 473. The van der Waals surface area contributed by atoms with Gasteiger partial charge in [0.05, 0.1) is 13.2 Å². The molecule has 8 heteroatoms. The third-order valence-electron chi connectivity index (χ3n) is 2.52. The van der Waals surface area contributed by atoms with Gasteiger partial charge in [-0.05, 0) is 19.2 Å². The lowest BCUT2D eigenvalue weighted by molar-refractivity contribution is 0.162. The summed E-state index contributed by atoms with van der Waals surface area (Å²) >= 11 is 1.08. The van der Waals surface area contributed by atoms with E-state index in [4.69, 9.17) is 9.84 Å². The minimum atomic E-state index is -3.47. The Labute approximate surface area is 118 Å². The van der Waals surface area contributed by atoms with Crippen LogP contribution in [0.5, 0.6) is 0 Å². The highest BCUT2D eigenvalue weighted by molar-refractivity contribution is 7.91. The smallest absolute Gasteiger partial charge is 0.250 e. The summed E-state index contributed by atoms with van der Waals surface area (Å²) in [5.41, 5.74) is 0. The lowest BCUT2D eigenvalue weighted by Crippen LogP contribution is -2.34. The van der Waals surface area contributed by atoms with E-state index in [1.807, 2.05) is 11.9 Å². The number of sulfonamides is 1. The van der Waals surface area contributed by atoms with E-state index in [1.54, 1.807) is 13.2 Å². The van der Waals surface area contributed by atoms with Gasteiger partial charge in [0.15, 0.2) is 0 Å². The normalized spacial score (nSPS) is 12.2. The third kappa shape index (κ3) is 5.55. The molecule has 0 unspecified atom stereocenters. The van der Waals surface area contributed by atoms with Crippen LogP contribution < -0.4 is 4.72 Å². The molecule has 19 heavy (non-hydrogen) atoms. The standard InChI is InChI=1S/C11H20N2O4S2/c1-13(7-8-17-2)6-5-12-19(15,16)11-4-3-10(9-14)18-11/h3-4,12,14H,5-9H2,1-2H3. The van der Waals surface area contributed by atoms with Crippen LogP contribution >= 0.6 is 11.3 Å². The Balaban J connectivity index is 2.43. The zero-order chi connectivity index (χ0) is 14.3. The molecule has 0 atom stereocenters. The number of hydrogen-bond acceptors (Lipinski definition) is 6. The fourth-order valence-electron chi connectivity index (χ4n) is 1.39. The average Bonchev–Trinajstić information content (AvgIpc) is 2.85. The van der Waals surface area contributed by atoms with Crippen molar-refractivity contribution < 1.29 is 18.3 Å². The number of rotatable bonds is 9. The maximum absolute atomic E-state index is 11.9. The third-order valence-corrected chi connectivity index (χ3v) is 5.54. The van der Waals surface area contributed by atoms with E-state index in [0.717, 1.165) is 17.9 Å². The zero-order valence-electron chi connectivity index (χ0n) is 11.1. The van der Waals surface area contributed by atoms with Crippen LogP contribution in [0.4, 0.5) is 0 Å². The molecule has 1 aromatic heterocycles. The first-order valence-electron chi connectivity index (χ1n) is 5.86. The quantitative estimate of drug-likeness (QED) is 0.676. The molecular formula is C11H20N2O4S2. The molecule has 1 rings (SSSR count). The summed E-state index contributed by atoms with van der Waals surface area (Å²) in [5, 5.41) is 8.92. The number of aliphatic hydroxyl groups excluding tert-OH is 1. The molecule has 1 aromatic rings. The molecule has 1 heterocycles. The highest BCUT2D eigenvalue weighted by Gasteiger charge is 2.16. The number of nitrogens with zero attached hydrogens (tertiary/aromatic N) is 1. The largest absolute Gasteiger partial charge is 0.391 e. The Morgan fingerprint density at radius 1 is 1.42 bits per heavy atom. The van der Waals surface area contributed by atoms with Crippen LogP contribution in [0, 0.1) is 0 Å². The first kappa shape index (κ1) is 16.5. The summed E-state index contributed by atoms with van der Waals surface area (Å²) in [7, 11) is 0.0699. The molecular weight excluding hydrogens is 288 g/mol. The molecule has 0 aliphatic carbocycles. The lowest BCUT2D eigenvalue weighted by atomic mass is 10.5. The second-order valence-corrected chi connectivity index (χ2v) is 7.23. The van der Waals surface area contributed by atoms with Crippen molar-refractivity contribution in [3.05, 3.63) is 17.0 Å². The Morgan fingerprint density at radius 2 is 2.16 bits per heavy atom. The summed E-state index contributed by atoms with van der Waals surface area (Å²) in [6, 6.07) is 3.12. The molecule has 0 fully saturated rings. The van der Waals surface area contributed by atoms with Gasteiger partial charge < -0.3 is 14.7 Å². The van der Waals surface area contributed by atoms with Crippen molar-refractivity contribution in [2.45, 2.75) is 10.8 Å². The molecule has 0 spiro atoms. The van der Waals surface area contributed by atoms with Gasteiger partial charge in [-0.2, -0.15) is 0 Å². The van der Waals surface area contributed by atoms with Crippen LogP contribution in [-0.2, 0) is 21.4 Å². The highest BCUT2D eigenvalue weighted by Crippen LogP contribution is 2.20. The second kappa shape index (κ2) is 7.93. The number of aliphatic hydroxyl groups is 1. The lowest BCUT2D eigenvalue weighted by Gasteiger charge is -2.15. The molecule has 0 saturated carbocycles. The fourth-order valence-corrected chi connectivity index (χ4v) is 3.67. The molecule has 2 N–H and O–H groups in total. The van der Waals surface area contributed by atoms with E-state index in [2.05, 4.69) is 4.72 Å². The van der Waals surface area contributed by atoms with Crippen LogP contribution in [-0.4, -0.2) is 58.8 Å². The van der Waals surface area contributed by atoms with E-state index < -0.39 is 10.0 Å². The Kier molecular flexibility index (Phi) is 6.90. The van der Waals surface area contributed by atoms with Crippen LogP contribution in [0.1, 0.15) is 4.88 Å². The molecule has 0 radical (unpaired) electrons. The molecule has 0 aromatic carbocycles. The monoisotopic (exact) mass is 308 g/mol. The summed E-state index contributed by atoms with van der Waals surface area (Å²) in [5.74, 6) is 0. The summed E-state index contributed by atoms with van der Waals surface area (Å²) in [6.45, 7) is 2.19. The van der Waals surface area contributed by atoms with Crippen molar-refractivity contribution in [3.8, 4) is 0 Å². The van der Waals surface area contributed by atoms with Crippen molar-refractivity contribution in [1.82, 2.24) is 9.62 Å². The van der Waals surface area contributed by atoms with E-state index in [0.29, 0.717) is 24.6 Å². The maximum Gasteiger partial charge on any atom is 0.250 e. The molecule has 0 amide bonds. The van der Waals surface area contributed by atoms with Crippen LogP contribution in [0.3, 0.4) is 0 Å². The summed E-state index contributed by atoms with van der Waals surface area (Å²) in [6.07, 6.45) is 0. The Hall–Kier alpha value is -0.510. The minimum absolute atomic E-state index is 0.139. The van der Waals surface area contributed by atoms with Crippen LogP contribution in [0.15, 0.2) is 16.3 Å². The number of methoxy groups -OCH3 is 1. The number of nitrogens with one attached hydrogen (secondary N) is 1. The predicted molar refractivity (Wildman–Crippen MR) is 74.8 cm³/mol. The van der Waals surface area contributed by atoms with Crippen molar-refractivity contribution in [3.63, 3.8) is 0 Å². The number of thiophene rings is 1. The molecule has 6 nitrogen and oxygen atoms in total. The molecule has 0 saturated heterocycles. The Morgan fingerprint density at radius 3 is 2.74 bits per heavy atom. The van der Waals surface area contributed by atoms with Crippen LogP contribution in [0.25, 0.3) is 0 Å². The zero-order valence-corrected chi connectivity index (χ0v) is 12.8. The van der Waals surface area contributed by atoms with Crippen molar-refractivity contribution in [2.75, 3.05) is 40.4 Å². The average molecular weight is 308 g/mol. The van der Waals surface area contributed by atoms with Gasteiger partial charge in [-0.25, -0.2) is 13.1 Å². The van der Waals surface area contributed by atoms with Gasteiger partial charge in [-0.1, -0.05) is 0 Å². The number of likely N-dealkylation sites (N-methyl/N-ethyl adjacent to an activating group) is 1. The maximum atomic E-state index is 11.9. The number of hydrogen-bond donors (Lipinski definition) is 2. The SMILES string of the molecule is COCCN(C)CCNS(=O)(=O)c1ccc(CO)s1. The van der Waals surface area contributed by atoms with E-state index in [-0.39, 0.29) is 10.8 Å². The first-order valence-corrected chi connectivity index (χ1v) is 8.16. The van der Waals surface area contributed by atoms with Crippen LogP contribution in [0.2, 0.25) is 0 Å². The second-order valence-electron chi connectivity index (χ2n) is 4.07. The van der Waals surface area contributed by atoms with Gasteiger partial charge in [0.1, 0.15) is 4.21 Å². The van der Waals surface area contributed by atoms with Crippen molar-refractivity contribution in [1.29, 1.82) is 0 Å². The minimum Gasteiger partial charge on any atom is -0.391 e. The van der Waals surface area contributed by atoms with Gasteiger partial charge in [0, 0.05) is 31.6 Å². The van der Waals surface area contributed by atoms with Gasteiger partial charge in [0.2, 0.25) is 10.0 Å². The van der Waals surface area contributed by atoms with Crippen molar-refractivity contribution >= 4 is 21.4 Å². The fraction of sp³-hybridized carbons (Fsp3) is 0.636. The van der Waals surface area contributed by atoms with E-state index in [9.17, 15) is 8.42 Å². The van der Waals surface area contributed by atoms with Gasteiger partial charge in [0.25, 0.3) is 0 Å². The van der Waals surface area contributed by atoms with Gasteiger partial charge in [-0.3, -0.25) is 0 Å². The predicted octanol–water partition coefficient (Wildman–Crippen LogP) is 0.0969. The first-order chi connectivity index (χ1) is 8.99. The molecule has 0 bridgehead atoms. The summed E-state index contributed by atoms with van der Waals surface area (Å²) < 4.78 is 31.6. The highest BCUT2D eigenvalue weighted by atomic mass is 32.2. The summed E-state index contributed by atoms with van der Waals surface area (Å²) in [4.78, 5) is 2.62. The molecule has 0 aliphatic rings. The molecule has 0 aliphatic heterocycles.